The highest BCUT2D eigenvalue weighted by molar-refractivity contribution is 5.73. The quantitative estimate of drug-likeness (QED) is 0.486. The van der Waals surface area contributed by atoms with E-state index in [0.29, 0.717) is 12.1 Å². The third-order valence-corrected chi connectivity index (χ3v) is 3.10. The number of hydrogen-bond donors (Lipinski definition) is 3. The molecule has 1 aromatic rings. The number of aliphatic carboxylic acids is 2. The Kier molecular flexibility index (Phi) is 10.5. The van der Waals surface area contributed by atoms with Gasteiger partial charge in [0.25, 0.3) is 0 Å². The predicted molar refractivity (Wildman–Crippen MR) is 95.1 cm³/mol. The molecule has 0 fully saturated rings. The van der Waals surface area contributed by atoms with Crippen LogP contribution in [0.3, 0.4) is 0 Å². The van der Waals surface area contributed by atoms with Gasteiger partial charge in [-0.25, -0.2) is 5.01 Å². The van der Waals surface area contributed by atoms with Gasteiger partial charge in [-0.05, 0) is 30.9 Å². The number of carboxylic acid groups (broad SMARTS) is 2. The molecule has 0 aliphatic carbocycles. The molecule has 0 aromatic heterocycles. The van der Waals surface area contributed by atoms with Crippen LogP contribution in [-0.2, 0) is 22.4 Å². The fourth-order valence-corrected chi connectivity index (χ4v) is 1.80. The summed E-state index contributed by atoms with van der Waals surface area (Å²) < 4.78 is 0. The van der Waals surface area contributed by atoms with E-state index in [1.807, 2.05) is 24.3 Å². The van der Waals surface area contributed by atoms with Crippen LogP contribution in [0.4, 0.5) is 0 Å². The maximum absolute atomic E-state index is 10.5. The van der Waals surface area contributed by atoms with Gasteiger partial charge in [0, 0.05) is 5.70 Å². The first kappa shape index (κ1) is 22.3. The van der Waals surface area contributed by atoms with Gasteiger partial charge in [0.1, 0.15) is 12.6 Å². The smallest absolute Gasteiger partial charge is 0.325 e. The summed E-state index contributed by atoms with van der Waals surface area (Å²) in [4.78, 5) is 20.7. The number of aryl methyl sites for hydroxylation is 1. The fourth-order valence-electron chi connectivity index (χ4n) is 1.80. The van der Waals surface area contributed by atoms with Crippen LogP contribution in [0.1, 0.15) is 25.0 Å². The van der Waals surface area contributed by atoms with Gasteiger partial charge >= 0.3 is 11.9 Å². The van der Waals surface area contributed by atoms with Crippen LogP contribution in [0, 0.1) is 0 Å². The largest absolute Gasteiger partial charge is 0.480 e. The zero-order chi connectivity index (χ0) is 19.4. The van der Waals surface area contributed by atoms with Gasteiger partial charge in [-0.15, -0.1) is 0 Å². The molecule has 0 aliphatic rings. The van der Waals surface area contributed by atoms with Crippen LogP contribution in [-0.4, -0.2) is 46.8 Å². The molecule has 1 rings (SSSR count). The molecule has 138 valence electrons. The Morgan fingerprint density at radius 1 is 1.32 bits per heavy atom. The molecule has 1 aromatic carbocycles. The summed E-state index contributed by atoms with van der Waals surface area (Å²) in [7, 11) is 1.47. The van der Waals surface area contributed by atoms with Crippen molar-refractivity contribution in [1.82, 2.24) is 5.01 Å². The molecule has 0 spiro atoms. The Balaban J connectivity index is 0.000000477. The number of nitrogens with zero attached hydrogens (tertiary/aromatic N) is 3. The minimum atomic E-state index is -0.958. The number of carboxylic acids is 2. The van der Waals surface area contributed by atoms with Crippen LogP contribution in [0.5, 0.6) is 0 Å². The summed E-state index contributed by atoms with van der Waals surface area (Å²) in [5.74, 6) is -1.91. The Labute approximate surface area is 147 Å². The summed E-state index contributed by atoms with van der Waals surface area (Å²) in [6.07, 6.45) is 1.35. The van der Waals surface area contributed by atoms with Crippen molar-refractivity contribution in [2.24, 2.45) is 16.1 Å². The van der Waals surface area contributed by atoms with E-state index in [0.717, 1.165) is 12.0 Å². The molecule has 8 nitrogen and oxygen atoms in total. The lowest BCUT2D eigenvalue weighted by Gasteiger charge is -2.13. The second-order valence-corrected chi connectivity index (χ2v) is 5.30. The highest BCUT2D eigenvalue weighted by Gasteiger charge is 2.11. The van der Waals surface area contributed by atoms with Crippen molar-refractivity contribution in [2.45, 2.75) is 32.7 Å². The molecule has 0 bridgehead atoms. The fraction of sp³-hybridized carbons (Fsp3) is 0.412. The molecule has 4 N–H and O–H groups in total. The third-order valence-electron chi connectivity index (χ3n) is 3.10. The summed E-state index contributed by atoms with van der Waals surface area (Å²) >= 11 is 0. The van der Waals surface area contributed by atoms with E-state index in [4.69, 9.17) is 15.9 Å². The molecule has 0 saturated heterocycles. The first-order valence-corrected chi connectivity index (χ1v) is 7.72. The Morgan fingerprint density at radius 2 is 1.92 bits per heavy atom. The minimum absolute atomic E-state index is 0.202. The normalized spacial score (nSPS) is 11.4. The van der Waals surface area contributed by atoms with Crippen molar-refractivity contribution >= 4 is 11.9 Å². The highest BCUT2D eigenvalue weighted by Crippen LogP contribution is 2.07. The van der Waals surface area contributed by atoms with Crippen molar-refractivity contribution in [2.75, 3.05) is 13.6 Å². The second-order valence-electron chi connectivity index (χ2n) is 5.30. The first-order chi connectivity index (χ1) is 11.7. The number of nitrogens with two attached hydrogens (primary N) is 1. The topological polar surface area (TPSA) is 129 Å². The van der Waals surface area contributed by atoms with Crippen LogP contribution >= 0.6 is 0 Å². The van der Waals surface area contributed by atoms with Crippen LogP contribution in [0.2, 0.25) is 0 Å². The van der Waals surface area contributed by atoms with E-state index < -0.39 is 18.0 Å². The molecule has 25 heavy (non-hydrogen) atoms. The maximum atomic E-state index is 10.5. The maximum Gasteiger partial charge on any atom is 0.325 e. The lowest BCUT2D eigenvalue weighted by atomic mass is 10.0. The van der Waals surface area contributed by atoms with E-state index in [1.54, 1.807) is 6.92 Å². The third kappa shape index (κ3) is 9.87. The molecule has 8 heteroatoms. The second kappa shape index (κ2) is 11.7. The highest BCUT2D eigenvalue weighted by atomic mass is 16.4. The number of hydrogen-bond acceptors (Lipinski definition) is 5. The van der Waals surface area contributed by atoms with E-state index in [2.05, 4.69) is 23.8 Å². The lowest BCUT2D eigenvalue weighted by molar-refractivity contribution is -0.139. The summed E-state index contributed by atoms with van der Waals surface area (Å²) in [6, 6.07) is 7.06. The molecule has 0 heterocycles. The van der Waals surface area contributed by atoms with Gasteiger partial charge in [-0.3, -0.25) is 9.59 Å². The zero-order valence-corrected chi connectivity index (χ0v) is 14.8. The number of benzene rings is 1. The van der Waals surface area contributed by atoms with E-state index in [-0.39, 0.29) is 6.54 Å². The van der Waals surface area contributed by atoms with Crippen molar-refractivity contribution in [3.8, 4) is 0 Å². The van der Waals surface area contributed by atoms with Gasteiger partial charge < -0.3 is 15.9 Å². The number of allylic oxidation sites excluding steroid dienone is 1. The van der Waals surface area contributed by atoms with Crippen molar-refractivity contribution in [3.05, 3.63) is 47.7 Å². The summed E-state index contributed by atoms with van der Waals surface area (Å²) in [5, 5.41) is 25.2. The average molecular weight is 350 g/mol. The lowest BCUT2D eigenvalue weighted by Crippen LogP contribution is -2.32. The van der Waals surface area contributed by atoms with E-state index in [1.165, 1.54) is 17.6 Å². The number of rotatable bonds is 8. The van der Waals surface area contributed by atoms with Gasteiger partial charge in [0.05, 0.1) is 7.05 Å². The molecule has 0 amide bonds. The van der Waals surface area contributed by atoms with Crippen LogP contribution < -0.4 is 5.73 Å². The first-order valence-electron chi connectivity index (χ1n) is 7.72. The summed E-state index contributed by atoms with van der Waals surface area (Å²) in [5.41, 5.74) is 8.19. The van der Waals surface area contributed by atoms with Gasteiger partial charge in [-0.2, -0.15) is 5.11 Å². The van der Waals surface area contributed by atoms with Crippen molar-refractivity contribution < 1.29 is 19.8 Å². The predicted octanol–water partition coefficient (Wildman–Crippen LogP) is 2.11. The molecular weight excluding hydrogens is 324 g/mol. The van der Waals surface area contributed by atoms with E-state index >= 15 is 0 Å². The van der Waals surface area contributed by atoms with Gasteiger partial charge in [0.2, 0.25) is 0 Å². The molecular formula is C17H26N4O4. The van der Waals surface area contributed by atoms with Crippen LogP contribution in [0.15, 0.2) is 46.9 Å². The molecule has 0 radical (unpaired) electrons. The number of carbonyl (C=O) groups is 2. The Morgan fingerprint density at radius 3 is 2.36 bits per heavy atom. The van der Waals surface area contributed by atoms with Crippen molar-refractivity contribution in [3.63, 3.8) is 0 Å². The molecule has 1 unspecified atom stereocenters. The monoisotopic (exact) mass is 350 g/mol. The van der Waals surface area contributed by atoms with E-state index in [9.17, 15) is 9.59 Å². The SMILES string of the molecule is C=C(C)N(CC(=O)O)N=NC.CCc1cccc(CC(N)C(=O)O)c1. The van der Waals surface area contributed by atoms with Crippen LogP contribution in [0.25, 0.3) is 0 Å². The minimum Gasteiger partial charge on any atom is -0.480 e. The average Bonchev–Trinajstić information content (AvgIpc) is 2.54. The van der Waals surface area contributed by atoms with Gasteiger partial charge in [0.15, 0.2) is 0 Å². The summed E-state index contributed by atoms with van der Waals surface area (Å²) in [6.45, 7) is 7.06. The molecule has 0 saturated carbocycles. The standard InChI is InChI=1S/C11H15NO2.C6H11N3O2/c1-2-8-4-3-5-9(6-8)7-10(12)11(13)14;1-5(2)9(8-7-3)4-6(10)11/h3-6,10H,2,7,12H2,1H3,(H,13,14);1,4H2,2-3H3,(H,10,11). The molecule has 0 aliphatic heterocycles. The van der Waals surface area contributed by atoms with Gasteiger partial charge in [-0.1, -0.05) is 43.0 Å². The zero-order valence-electron chi connectivity index (χ0n) is 14.8. The Hall–Kier alpha value is -2.74. The molecule has 1 atom stereocenters. The van der Waals surface area contributed by atoms with Crippen molar-refractivity contribution in [1.29, 1.82) is 0 Å². The Bertz CT molecular complexity index is 616.